The van der Waals surface area contributed by atoms with Gasteiger partial charge in [0, 0.05) is 13.1 Å². The molecule has 0 saturated carbocycles. The largest absolute Gasteiger partial charge is 0.508 e. The summed E-state index contributed by atoms with van der Waals surface area (Å²) in [4.78, 5) is 14.3. The van der Waals surface area contributed by atoms with Gasteiger partial charge in [0.05, 0.1) is 6.04 Å². The highest BCUT2D eigenvalue weighted by molar-refractivity contribution is 5.82. The van der Waals surface area contributed by atoms with Gasteiger partial charge < -0.3 is 15.7 Å². The number of nitrogens with two attached hydrogens (primary N) is 1. The Morgan fingerprint density at radius 1 is 1.10 bits per heavy atom. The molecule has 1 amide bonds. The van der Waals surface area contributed by atoms with E-state index in [4.69, 9.17) is 5.73 Å². The van der Waals surface area contributed by atoms with Crippen molar-refractivity contribution in [2.75, 3.05) is 13.1 Å². The summed E-state index contributed by atoms with van der Waals surface area (Å²) >= 11 is 0. The van der Waals surface area contributed by atoms with E-state index < -0.39 is 6.04 Å². The van der Waals surface area contributed by atoms with E-state index in [1.54, 1.807) is 12.1 Å². The Hall–Kier alpha value is -1.55. The number of carbonyl (C=O) groups is 1. The topological polar surface area (TPSA) is 66.6 Å². The van der Waals surface area contributed by atoms with E-state index in [9.17, 15) is 9.90 Å². The Morgan fingerprint density at radius 3 is 2.25 bits per heavy atom. The van der Waals surface area contributed by atoms with Crippen LogP contribution in [0.3, 0.4) is 0 Å². The first-order valence-electron chi connectivity index (χ1n) is 7.49. The van der Waals surface area contributed by atoms with Crippen molar-refractivity contribution in [3.63, 3.8) is 0 Å². The maximum Gasteiger partial charge on any atom is 0.239 e. The summed E-state index contributed by atoms with van der Waals surface area (Å²) in [5.74, 6) is 0.289. The fourth-order valence-electron chi connectivity index (χ4n) is 2.68. The lowest BCUT2D eigenvalue weighted by Gasteiger charge is -2.27. The number of rotatable bonds is 3. The van der Waals surface area contributed by atoms with Crippen LogP contribution in [0, 0.1) is 0 Å². The van der Waals surface area contributed by atoms with Crippen molar-refractivity contribution in [2.24, 2.45) is 5.73 Å². The second kappa shape index (κ2) is 7.29. The number of likely N-dealkylation sites (tertiary alicyclic amines) is 1. The number of hydrogen-bond acceptors (Lipinski definition) is 3. The number of benzene rings is 1. The smallest absolute Gasteiger partial charge is 0.239 e. The molecule has 1 aromatic carbocycles. The van der Waals surface area contributed by atoms with E-state index in [2.05, 4.69) is 0 Å². The van der Waals surface area contributed by atoms with Crippen LogP contribution < -0.4 is 5.73 Å². The molecule has 0 radical (unpaired) electrons. The van der Waals surface area contributed by atoms with Crippen LogP contribution >= 0.6 is 0 Å². The number of nitrogens with zero attached hydrogens (tertiary/aromatic N) is 1. The molecular formula is C16H24N2O2. The maximum atomic E-state index is 12.4. The summed E-state index contributed by atoms with van der Waals surface area (Å²) in [7, 11) is 0. The van der Waals surface area contributed by atoms with Crippen LogP contribution in [0.25, 0.3) is 0 Å². The summed E-state index contributed by atoms with van der Waals surface area (Å²) in [6.45, 7) is 1.67. The molecule has 1 aliphatic rings. The molecule has 2 rings (SSSR count). The predicted octanol–water partition coefficient (Wildman–Crippen LogP) is 2.05. The normalized spacial score (nSPS) is 18.1. The average molecular weight is 276 g/mol. The molecule has 20 heavy (non-hydrogen) atoms. The van der Waals surface area contributed by atoms with Crippen molar-refractivity contribution in [3.05, 3.63) is 29.8 Å². The molecule has 0 spiro atoms. The molecule has 110 valence electrons. The van der Waals surface area contributed by atoms with E-state index in [1.165, 1.54) is 19.3 Å². The van der Waals surface area contributed by atoms with Gasteiger partial charge in [-0.1, -0.05) is 31.4 Å². The van der Waals surface area contributed by atoms with Crippen LogP contribution in [0.4, 0.5) is 0 Å². The molecule has 3 N–H and O–H groups in total. The summed E-state index contributed by atoms with van der Waals surface area (Å²) < 4.78 is 0. The number of phenolic OH excluding ortho intramolecular Hbond substituents is 1. The molecule has 0 aliphatic carbocycles. The summed E-state index contributed by atoms with van der Waals surface area (Å²) in [5, 5.41) is 9.26. The van der Waals surface area contributed by atoms with E-state index in [0.29, 0.717) is 6.42 Å². The highest BCUT2D eigenvalue weighted by Gasteiger charge is 2.21. The third kappa shape index (κ3) is 4.23. The molecule has 1 atom stereocenters. The lowest BCUT2D eigenvalue weighted by molar-refractivity contribution is -0.132. The molecule has 1 aliphatic heterocycles. The van der Waals surface area contributed by atoms with Gasteiger partial charge in [0.15, 0.2) is 0 Å². The van der Waals surface area contributed by atoms with Crippen molar-refractivity contribution < 1.29 is 9.90 Å². The van der Waals surface area contributed by atoms with E-state index in [0.717, 1.165) is 31.5 Å². The van der Waals surface area contributed by atoms with E-state index >= 15 is 0 Å². The van der Waals surface area contributed by atoms with Crippen molar-refractivity contribution in [2.45, 2.75) is 44.6 Å². The molecule has 1 fully saturated rings. The van der Waals surface area contributed by atoms with Gasteiger partial charge in [-0.15, -0.1) is 0 Å². The third-order valence-corrected chi connectivity index (χ3v) is 3.88. The molecule has 1 unspecified atom stereocenters. The Kier molecular flexibility index (Phi) is 5.41. The van der Waals surface area contributed by atoms with Gasteiger partial charge in [-0.2, -0.15) is 0 Å². The SMILES string of the molecule is NC(Cc1ccc(O)cc1)C(=O)N1CCCCCCC1. The summed E-state index contributed by atoms with van der Waals surface area (Å²) in [6, 6.07) is 6.40. The highest BCUT2D eigenvalue weighted by atomic mass is 16.3. The van der Waals surface area contributed by atoms with Crippen LogP contribution in [-0.2, 0) is 11.2 Å². The molecule has 1 aromatic rings. The van der Waals surface area contributed by atoms with Crippen molar-refractivity contribution >= 4 is 5.91 Å². The second-order valence-corrected chi connectivity index (χ2v) is 5.57. The van der Waals surface area contributed by atoms with Gasteiger partial charge in [0.1, 0.15) is 5.75 Å². The van der Waals surface area contributed by atoms with E-state index in [1.807, 2.05) is 17.0 Å². The number of carbonyl (C=O) groups excluding carboxylic acids is 1. The fourth-order valence-corrected chi connectivity index (χ4v) is 2.68. The van der Waals surface area contributed by atoms with Crippen LogP contribution in [0.5, 0.6) is 5.75 Å². The first-order valence-corrected chi connectivity index (χ1v) is 7.49. The first kappa shape index (κ1) is 14.9. The lowest BCUT2D eigenvalue weighted by Crippen LogP contribution is -2.46. The maximum absolute atomic E-state index is 12.4. The second-order valence-electron chi connectivity index (χ2n) is 5.57. The number of amides is 1. The van der Waals surface area contributed by atoms with Crippen molar-refractivity contribution in [1.82, 2.24) is 4.90 Å². The minimum atomic E-state index is -0.487. The Morgan fingerprint density at radius 2 is 1.65 bits per heavy atom. The van der Waals surface area contributed by atoms with Gasteiger partial charge in [0.25, 0.3) is 0 Å². The first-order chi connectivity index (χ1) is 9.66. The number of aromatic hydroxyl groups is 1. The Labute approximate surface area is 120 Å². The quantitative estimate of drug-likeness (QED) is 0.888. The molecule has 1 saturated heterocycles. The molecule has 1 heterocycles. The Bertz CT molecular complexity index is 423. The highest BCUT2D eigenvalue weighted by Crippen LogP contribution is 2.14. The van der Waals surface area contributed by atoms with Crippen molar-refractivity contribution in [3.8, 4) is 5.75 Å². The molecule has 0 aromatic heterocycles. The van der Waals surface area contributed by atoms with Crippen LogP contribution in [0.15, 0.2) is 24.3 Å². The minimum absolute atomic E-state index is 0.0555. The molecule has 4 heteroatoms. The van der Waals surface area contributed by atoms with Gasteiger partial charge in [0.2, 0.25) is 5.91 Å². The molecular weight excluding hydrogens is 252 g/mol. The summed E-state index contributed by atoms with van der Waals surface area (Å²) in [6.07, 6.45) is 6.38. The Balaban J connectivity index is 1.91. The molecule has 0 bridgehead atoms. The monoisotopic (exact) mass is 276 g/mol. The minimum Gasteiger partial charge on any atom is -0.508 e. The average Bonchev–Trinajstić information content (AvgIpc) is 2.40. The van der Waals surface area contributed by atoms with Gasteiger partial charge in [-0.05, 0) is 37.0 Å². The summed E-state index contributed by atoms with van der Waals surface area (Å²) in [5.41, 5.74) is 7.04. The predicted molar refractivity (Wildman–Crippen MR) is 79.5 cm³/mol. The van der Waals surface area contributed by atoms with Crippen molar-refractivity contribution in [1.29, 1.82) is 0 Å². The zero-order valence-electron chi connectivity index (χ0n) is 11.9. The van der Waals surface area contributed by atoms with Gasteiger partial charge in [-0.25, -0.2) is 0 Å². The van der Waals surface area contributed by atoms with Gasteiger partial charge in [-0.3, -0.25) is 4.79 Å². The van der Waals surface area contributed by atoms with Crippen LogP contribution in [0.2, 0.25) is 0 Å². The van der Waals surface area contributed by atoms with E-state index in [-0.39, 0.29) is 11.7 Å². The zero-order valence-corrected chi connectivity index (χ0v) is 11.9. The zero-order chi connectivity index (χ0) is 14.4. The third-order valence-electron chi connectivity index (χ3n) is 3.88. The number of hydrogen-bond donors (Lipinski definition) is 2. The number of phenols is 1. The standard InChI is InChI=1S/C16H24N2O2/c17-15(12-13-6-8-14(19)9-7-13)16(20)18-10-4-2-1-3-5-11-18/h6-9,15,19H,1-5,10-12,17H2. The van der Waals surface area contributed by atoms with Crippen LogP contribution in [0.1, 0.15) is 37.7 Å². The lowest BCUT2D eigenvalue weighted by atomic mass is 10.0. The fraction of sp³-hybridized carbons (Fsp3) is 0.562. The molecule has 4 nitrogen and oxygen atoms in total. The van der Waals surface area contributed by atoms with Gasteiger partial charge >= 0.3 is 0 Å². The van der Waals surface area contributed by atoms with Crippen LogP contribution in [-0.4, -0.2) is 35.0 Å².